The monoisotopic (exact) mass is 296 g/mol. The zero-order chi connectivity index (χ0) is 14.8. The molecule has 0 bridgehead atoms. The van der Waals surface area contributed by atoms with E-state index in [2.05, 4.69) is 14.8 Å². The first-order valence-corrected chi connectivity index (χ1v) is 7.49. The lowest BCUT2D eigenvalue weighted by Gasteiger charge is -2.07. The Morgan fingerprint density at radius 3 is 2.50 bits per heavy atom. The zero-order valence-corrected chi connectivity index (χ0v) is 12.0. The van der Waals surface area contributed by atoms with Gasteiger partial charge in [0, 0.05) is 7.05 Å². The van der Waals surface area contributed by atoms with Crippen molar-refractivity contribution in [2.45, 2.75) is 24.5 Å². The van der Waals surface area contributed by atoms with E-state index in [1.54, 1.807) is 26.1 Å². The highest BCUT2D eigenvalue weighted by atomic mass is 32.2. The van der Waals surface area contributed by atoms with Crippen LogP contribution in [0.1, 0.15) is 24.4 Å². The van der Waals surface area contributed by atoms with Crippen LogP contribution in [-0.4, -0.2) is 28.3 Å². The van der Waals surface area contributed by atoms with Crippen LogP contribution in [-0.2, 0) is 23.6 Å². The van der Waals surface area contributed by atoms with Crippen LogP contribution in [0, 0.1) is 0 Å². The predicted molar refractivity (Wildman–Crippen MR) is 72.1 cm³/mol. The van der Waals surface area contributed by atoms with Crippen LogP contribution < -0.4 is 4.72 Å². The first-order valence-electron chi connectivity index (χ1n) is 6.01. The lowest BCUT2D eigenvalue weighted by atomic mass is 10.1. The number of aryl methyl sites for hydroxylation is 1. The van der Waals surface area contributed by atoms with Gasteiger partial charge in [-0.15, -0.1) is 0 Å². The SMILES string of the molecule is CC(O)c1ccc(S(=O)(=O)NCc2ncn(C)n2)cc1. The van der Waals surface area contributed by atoms with Crippen molar-refractivity contribution < 1.29 is 13.5 Å². The van der Waals surface area contributed by atoms with E-state index >= 15 is 0 Å². The molecule has 0 spiro atoms. The van der Waals surface area contributed by atoms with E-state index in [1.807, 2.05) is 0 Å². The molecule has 1 unspecified atom stereocenters. The molecule has 20 heavy (non-hydrogen) atoms. The topological polar surface area (TPSA) is 97.1 Å². The quantitative estimate of drug-likeness (QED) is 0.829. The summed E-state index contributed by atoms with van der Waals surface area (Å²) in [5.41, 5.74) is 0.662. The molecule has 1 heterocycles. The van der Waals surface area contributed by atoms with E-state index in [9.17, 15) is 13.5 Å². The number of hydrogen-bond acceptors (Lipinski definition) is 5. The van der Waals surface area contributed by atoms with Crippen LogP contribution in [0.25, 0.3) is 0 Å². The maximum absolute atomic E-state index is 12.1. The summed E-state index contributed by atoms with van der Waals surface area (Å²) in [6.45, 7) is 1.65. The molecule has 2 aromatic rings. The average Bonchev–Trinajstić information content (AvgIpc) is 2.82. The molecule has 0 saturated heterocycles. The minimum atomic E-state index is -3.61. The summed E-state index contributed by atoms with van der Waals surface area (Å²) in [7, 11) is -1.90. The molecule has 0 aliphatic heterocycles. The first kappa shape index (κ1) is 14.6. The molecule has 2 rings (SSSR count). The van der Waals surface area contributed by atoms with Crippen LogP contribution in [0.5, 0.6) is 0 Å². The van der Waals surface area contributed by atoms with Crippen molar-refractivity contribution in [3.63, 3.8) is 0 Å². The minimum Gasteiger partial charge on any atom is -0.389 e. The van der Waals surface area contributed by atoms with Crippen LogP contribution in [0.4, 0.5) is 0 Å². The Labute approximate surface area is 117 Å². The van der Waals surface area contributed by atoms with Crippen molar-refractivity contribution >= 4 is 10.0 Å². The molecule has 0 aliphatic carbocycles. The van der Waals surface area contributed by atoms with Gasteiger partial charge in [0.1, 0.15) is 6.33 Å². The highest BCUT2D eigenvalue weighted by Gasteiger charge is 2.15. The number of aromatic nitrogens is 3. The summed E-state index contributed by atoms with van der Waals surface area (Å²) in [5.74, 6) is 0.400. The standard InChI is InChI=1S/C12H16N4O3S/c1-9(17)10-3-5-11(6-4-10)20(18,19)14-7-12-13-8-16(2)15-12/h3-6,8-9,14,17H,7H2,1-2H3. The molecule has 7 nitrogen and oxygen atoms in total. The summed E-state index contributed by atoms with van der Waals surface area (Å²) in [5, 5.41) is 13.4. The van der Waals surface area contributed by atoms with Gasteiger partial charge in [-0.05, 0) is 24.6 Å². The smallest absolute Gasteiger partial charge is 0.240 e. The van der Waals surface area contributed by atoms with E-state index in [0.29, 0.717) is 11.4 Å². The Morgan fingerprint density at radius 2 is 2.00 bits per heavy atom. The molecule has 0 radical (unpaired) electrons. The first-order chi connectivity index (χ1) is 9.38. The summed E-state index contributed by atoms with van der Waals surface area (Å²) in [6, 6.07) is 6.07. The number of aliphatic hydroxyl groups excluding tert-OH is 1. The van der Waals surface area contributed by atoms with E-state index < -0.39 is 16.1 Å². The zero-order valence-electron chi connectivity index (χ0n) is 11.2. The predicted octanol–water partition coefficient (Wildman–Crippen LogP) is 0.347. The molecule has 108 valence electrons. The van der Waals surface area contributed by atoms with Gasteiger partial charge in [-0.1, -0.05) is 12.1 Å². The second kappa shape index (κ2) is 5.70. The molecular formula is C12H16N4O3S. The largest absolute Gasteiger partial charge is 0.389 e. The van der Waals surface area contributed by atoms with Crippen molar-refractivity contribution in [2.24, 2.45) is 7.05 Å². The molecule has 0 amide bonds. The van der Waals surface area contributed by atoms with Gasteiger partial charge in [0.05, 0.1) is 17.5 Å². The molecule has 2 N–H and O–H groups in total. The van der Waals surface area contributed by atoms with Gasteiger partial charge >= 0.3 is 0 Å². The second-order valence-corrected chi connectivity index (χ2v) is 6.17. The molecule has 0 aliphatic rings. The van der Waals surface area contributed by atoms with Crippen LogP contribution in [0.15, 0.2) is 35.5 Å². The van der Waals surface area contributed by atoms with E-state index in [-0.39, 0.29) is 11.4 Å². The average molecular weight is 296 g/mol. The molecule has 0 saturated carbocycles. The van der Waals surface area contributed by atoms with Crippen molar-refractivity contribution in [3.05, 3.63) is 42.0 Å². The normalized spacial score (nSPS) is 13.3. The van der Waals surface area contributed by atoms with Gasteiger partial charge in [0.15, 0.2) is 5.82 Å². The Morgan fingerprint density at radius 1 is 1.35 bits per heavy atom. The van der Waals surface area contributed by atoms with Crippen LogP contribution in [0.2, 0.25) is 0 Å². The number of rotatable bonds is 5. The van der Waals surface area contributed by atoms with Crippen molar-refractivity contribution in [3.8, 4) is 0 Å². The fourth-order valence-corrected chi connectivity index (χ4v) is 2.61. The van der Waals surface area contributed by atoms with Gasteiger partial charge in [-0.25, -0.2) is 18.1 Å². The molecule has 1 aromatic heterocycles. The van der Waals surface area contributed by atoms with Gasteiger partial charge in [0.2, 0.25) is 10.0 Å². The van der Waals surface area contributed by atoms with Crippen LogP contribution >= 0.6 is 0 Å². The third kappa shape index (κ3) is 3.41. The highest BCUT2D eigenvalue weighted by molar-refractivity contribution is 7.89. The number of sulfonamides is 1. The fraction of sp³-hybridized carbons (Fsp3) is 0.333. The van der Waals surface area contributed by atoms with Crippen molar-refractivity contribution in [1.82, 2.24) is 19.5 Å². The Hall–Kier alpha value is -1.77. The summed E-state index contributed by atoms with van der Waals surface area (Å²) >= 11 is 0. The number of aliphatic hydroxyl groups is 1. The van der Waals surface area contributed by atoms with E-state index in [1.165, 1.54) is 23.1 Å². The lowest BCUT2D eigenvalue weighted by Crippen LogP contribution is -2.24. The van der Waals surface area contributed by atoms with Gasteiger partial charge in [-0.2, -0.15) is 5.10 Å². The Bertz CT molecular complexity index is 677. The second-order valence-electron chi connectivity index (χ2n) is 4.40. The number of nitrogens with one attached hydrogen (secondary N) is 1. The summed E-state index contributed by atoms with van der Waals surface area (Å²) in [4.78, 5) is 4.08. The molecular weight excluding hydrogens is 280 g/mol. The van der Waals surface area contributed by atoms with Gasteiger partial charge in [0.25, 0.3) is 0 Å². The minimum absolute atomic E-state index is 0.0291. The Kier molecular flexibility index (Phi) is 4.17. The van der Waals surface area contributed by atoms with Crippen molar-refractivity contribution in [2.75, 3.05) is 0 Å². The maximum Gasteiger partial charge on any atom is 0.240 e. The Balaban J connectivity index is 2.09. The number of benzene rings is 1. The summed E-state index contributed by atoms with van der Waals surface area (Å²) < 4.78 is 28.0. The number of hydrogen-bond donors (Lipinski definition) is 2. The maximum atomic E-state index is 12.1. The molecule has 0 fully saturated rings. The highest BCUT2D eigenvalue weighted by Crippen LogP contribution is 2.15. The molecule has 1 aromatic carbocycles. The third-order valence-corrected chi connectivity index (χ3v) is 4.16. The van der Waals surface area contributed by atoms with E-state index in [4.69, 9.17) is 0 Å². The van der Waals surface area contributed by atoms with Crippen molar-refractivity contribution in [1.29, 1.82) is 0 Å². The van der Waals surface area contributed by atoms with Crippen LogP contribution in [0.3, 0.4) is 0 Å². The van der Waals surface area contributed by atoms with E-state index in [0.717, 1.165) is 0 Å². The molecule has 8 heteroatoms. The lowest BCUT2D eigenvalue weighted by molar-refractivity contribution is 0.199. The molecule has 1 atom stereocenters. The fourth-order valence-electron chi connectivity index (χ4n) is 1.63. The summed E-state index contributed by atoms with van der Waals surface area (Å²) in [6.07, 6.45) is 0.874. The van der Waals surface area contributed by atoms with Gasteiger partial charge in [-0.3, -0.25) is 4.68 Å². The van der Waals surface area contributed by atoms with Gasteiger partial charge < -0.3 is 5.11 Å². The number of nitrogens with zero attached hydrogens (tertiary/aromatic N) is 3. The third-order valence-electron chi connectivity index (χ3n) is 2.74.